The zero-order valence-electron chi connectivity index (χ0n) is 10.6. The highest BCUT2D eigenvalue weighted by Gasteiger charge is 2.27. The fourth-order valence-corrected chi connectivity index (χ4v) is 4.88. The van der Waals surface area contributed by atoms with Crippen LogP contribution in [0.25, 0.3) is 0 Å². The van der Waals surface area contributed by atoms with Crippen LogP contribution in [0.5, 0.6) is 0 Å². The van der Waals surface area contributed by atoms with E-state index in [9.17, 15) is 13.2 Å². The monoisotopic (exact) mass is 315 g/mol. The van der Waals surface area contributed by atoms with E-state index in [1.807, 2.05) is 11.4 Å². The topological polar surface area (TPSA) is 12.0 Å². The molecule has 2 atom stereocenters. The smallest absolute Gasteiger partial charge is 0.196 e. The molecule has 1 nitrogen and oxygen atoms in total. The van der Waals surface area contributed by atoms with E-state index in [0.717, 1.165) is 18.1 Å². The van der Waals surface area contributed by atoms with E-state index in [-0.39, 0.29) is 11.7 Å². The van der Waals surface area contributed by atoms with Crippen molar-refractivity contribution in [1.82, 2.24) is 0 Å². The Morgan fingerprint density at radius 1 is 1.15 bits per heavy atom. The Balaban J connectivity index is 1.91. The molecule has 0 aliphatic carbocycles. The van der Waals surface area contributed by atoms with Gasteiger partial charge in [0.25, 0.3) is 0 Å². The van der Waals surface area contributed by atoms with Gasteiger partial charge in [-0.25, -0.2) is 13.2 Å². The number of thiophene rings is 1. The maximum atomic E-state index is 13.7. The molecule has 1 aliphatic heterocycles. The van der Waals surface area contributed by atoms with Crippen LogP contribution in [0.1, 0.15) is 24.9 Å². The summed E-state index contributed by atoms with van der Waals surface area (Å²) in [7, 11) is 0. The fourth-order valence-electron chi connectivity index (χ4n) is 2.31. The molecule has 6 heteroatoms. The number of fused-ring (bicyclic) bond motifs is 1. The fraction of sp³-hybridized carbons (Fsp3) is 0.286. The molecule has 3 rings (SSSR count). The molecular weight excluding hydrogens is 303 g/mol. The summed E-state index contributed by atoms with van der Waals surface area (Å²) in [6.45, 7) is 2.10. The zero-order valence-corrected chi connectivity index (χ0v) is 12.3. The number of halogens is 3. The molecule has 1 aromatic carbocycles. The Morgan fingerprint density at radius 2 is 1.95 bits per heavy atom. The third-order valence-corrected chi connectivity index (χ3v) is 5.62. The van der Waals surface area contributed by atoms with E-state index in [4.69, 9.17) is 0 Å². The molecule has 0 spiro atoms. The summed E-state index contributed by atoms with van der Waals surface area (Å²) in [5.41, 5.74) is 1.10. The van der Waals surface area contributed by atoms with Crippen LogP contribution in [-0.4, -0.2) is 5.25 Å². The van der Waals surface area contributed by atoms with Crippen molar-refractivity contribution in [3.63, 3.8) is 0 Å². The molecule has 1 aromatic heterocycles. The first kappa shape index (κ1) is 13.8. The Labute approximate surface area is 123 Å². The number of benzene rings is 1. The second-order valence-corrected chi connectivity index (χ2v) is 7.37. The van der Waals surface area contributed by atoms with Gasteiger partial charge in [-0.3, -0.25) is 0 Å². The number of rotatable bonds is 2. The van der Waals surface area contributed by atoms with E-state index >= 15 is 0 Å². The van der Waals surface area contributed by atoms with Crippen LogP contribution in [0.2, 0.25) is 0 Å². The minimum absolute atomic E-state index is 0.00477. The number of nitrogens with one attached hydrogen (secondary N) is 1. The standard InChI is InChI=1S/C14H12F3NS2/c1-7-6-11(8-4-5-19-14(8)20-7)18-10-3-2-9(15)12(16)13(10)17/h2-5,7,11,18H,6H2,1H3/t7-,11?/m0/s1. The van der Waals surface area contributed by atoms with Gasteiger partial charge in [0.05, 0.1) is 15.9 Å². The van der Waals surface area contributed by atoms with Crippen LogP contribution in [0, 0.1) is 17.5 Å². The summed E-state index contributed by atoms with van der Waals surface area (Å²) in [4.78, 5) is 0. The Bertz CT molecular complexity index is 641. The first-order valence-corrected chi connectivity index (χ1v) is 7.96. The van der Waals surface area contributed by atoms with Crippen molar-refractivity contribution in [3.05, 3.63) is 46.6 Å². The van der Waals surface area contributed by atoms with Gasteiger partial charge in [-0.1, -0.05) is 6.92 Å². The molecule has 20 heavy (non-hydrogen) atoms. The number of hydrogen-bond acceptors (Lipinski definition) is 3. The summed E-state index contributed by atoms with van der Waals surface area (Å²) < 4.78 is 41.1. The quantitative estimate of drug-likeness (QED) is 0.764. The van der Waals surface area contributed by atoms with Crippen LogP contribution in [0.4, 0.5) is 18.9 Å². The SMILES string of the molecule is C[C@H]1CC(Nc2ccc(F)c(F)c2F)c2ccsc2S1. The molecule has 2 heterocycles. The largest absolute Gasteiger partial charge is 0.376 e. The third-order valence-electron chi connectivity index (χ3n) is 3.27. The second-order valence-electron chi connectivity index (χ2n) is 4.75. The molecule has 1 unspecified atom stereocenters. The van der Waals surface area contributed by atoms with Gasteiger partial charge in [0.15, 0.2) is 17.5 Å². The van der Waals surface area contributed by atoms with Gasteiger partial charge in [-0.2, -0.15) is 0 Å². The van der Waals surface area contributed by atoms with E-state index in [0.29, 0.717) is 5.25 Å². The highest BCUT2D eigenvalue weighted by molar-refractivity contribution is 8.01. The van der Waals surface area contributed by atoms with Crippen molar-refractivity contribution >= 4 is 28.8 Å². The summed E-state index contributed by atoms with van der Waals surface area (Å²) >= 11 is 3.44. The van der Waals surface area contributed by atoms with Crippen molar-refractivity contribution in [2.24, 2.45) is 0 Å². The molecule has 1 aliphatic rings. The molecular formula is C14H12F3NS2. The minimum atomic E-state index is -1.43. The first-order chi connectivity index (χ1) is 9.56. The summed E-state index contributed by atoms with van der Waals surface area (Å²) in [6.07, 6.45) is 0.812. The van der Waals surface area contributed by atoms with E-state index < -0.39 is 17.5 Å². The summed E-state index contributed by atoms with van der Waals surface area (Å²) in [5, 5.41) is 5.39. The Hall–Kier alpha value is -1.14. The predicted molar refractivity (Wildman–Crippen MR) is 76.9 cm³/mol. The van der Waals surface area contributed by atoms with Crippen molar-refractivity contribution in [1.29, 1.82) is 0 Å². The number of thioether (sulfide) groups is 1. The van der Waals surface area contributed by atoms with Gasteiger partial charge in [-0.05, 0) is 35.6 Å². The predicted octanol–water partition coefficient (Wildman–Crippen LogP) is 5.20. The lowest BCUT2D eigenvalue weighted by Gasteiger charge is -2.28. The first-order valence-electron chi connectivity index (χ1n) is 6.20. The van der Waals surface area contributed by atoms with Crippen LogP contribution in [0.15, 0.2) is 27.8 Å². The van der Waals surface area contributed by atoms with E-state index in [1.54, 1.807) is 23.1 Å². The third kappa shape index (κ3) is 2.42. The molecule has 0 amide bonds. The van der Waals surface area contributed by atoms with Gasteiger partial charge >= 0.3 is 0 Å². The van der Waals surface area contributed by atoms with E-state index in [2.05, 4.69) is 12.2 Å². The molecule has 0 fully saturated rings. The van der Waals surface area contributed by atoms with Gasteiger partial charge in [0.1, 0.15) is 0 Å². The highest BCUT2D eigenvalue weighted by Crippen LogP contribution is 2.45. The Morgan fingerprint density at radius 3 is 2.75 bits per heavy atom. The molecule has 0 saturated heterocycles. The maximum absolute atomic E-state index is 13.7. The normalized spacial score (nSPS) is 21.6. The molecule has 106 valence electrons. The van der Waals surface area contributed by atoms with Crippen LogP contribution in [-0.2, 0) is 0 Å². The second kappa shape index (κ2) is 5.33. The van der Waals surface area contributed by atoms with Crippen LogP contribution < -0.4 is 5.32 Å². The maximum Gasteiger partial charge on any atom is 0.196 e. The lowest BCUT2D eigenvalue weighted by molar-refractivity contribution is 0.448. The number of anilines is 1. The van der Waals surface area contributed by atoms with Gasteiger partial charge in [0, 0.05) is 5.25 Å². The van der Waals surface area contributed by atoms with Gasteiger partial charge < -0.3 is 5.32 Å². The molecule has 0 radical (unpaired) electrons. The van der Waals surface area contributed by atoms with Crippen LogP contribution in [0.3, 0.4) is 0 Å². The van der Waals surface area contributed by atoms with Crippen molar-refractivity contribution in [2.75, 3.05) is 5.32 Å². The van der Waals surface area contributed by atoms with Crippen molar-refractivity contribution in [3.8, 4) is 0 Å². The summed E-state index contributed by atoms with van der Waals surface area (Å²) in [5.74, 6) is -3.76. The number of hydrogen-bond donors (Lipinski definition) is 1. The molecule has 2 aromatic rings. The van der Waals surface area contributed by atoms with Crippen molar-refractivity contribution in [2.45, 2.75) is 28.8 Å². The van der Waals surface area contributed by atoms with Gasteiger partial charge in [0.2, 0.25) is 0 Å². The zero-order chi connectivity index (χ0) is 14.3. The Kier molecular flexibility index (Phi) is 3.69. The average Bonchev–Trinajstić information content (AvgIpc) is 2.87. The molecule has 0 bridgehead atoms. The van der Waals surface area contributed by atoms with E-state index in [1.165, 1.54) is 10.3 Å². The van der Waals surface area contributed by atoms with Gasteiger partial charge in [-0.15, -0.1) is 23.1 Å². The molecule has 1 N–H and O–H groups in total. The molecule has 0 saturated carbocycles. The van der Waals surface area contributed by atoms with Crippen molar-refractivity contribution < 1.29 is 13.2 Å². The lowest BCUT2D eigenvalue weighted by atomic mass is 10.0. The van der Waals surface area contributed by atoms with Crippen LogP contribution >= 0.6 is 23.1 Å². The average molecular weight is 315 g/mol. The minimum Gasteiger partial charge on any atom is -0.376 e. The highest BCUT2D eigenvalue weighted by atomic mass is 32.2. The summed E-state index contributed by atoms with van der Waals surface area (Å²) in [6, 6.07) is 4.10. The lowest BCUT2D eigenvalue weighted by Crippen LogP contribution is -2.19.